The van der Waals surface area contributed by atoms with Gasteiger partial charge in [-0.05, 0) is 12.1 Å². The largest absolute Gasteiger partial charge is 0.483 e. The Morgan fingerprint density at radius 1 is 1.41 bits per heavy atom. The number of likely N-dealkylation sites (N-methyl/N-ethyl adjacent to an activating group) is 1. The van der Waals surface area contributed by atoms with Crippen molar-refractivity contribution in [3.05, 3.63) is 23.8 Å². The van der Waals surface area contributed by atoms with Crippen molar-refractivity contribution in [1.82, 2.24) is 5.32 Å². The fraction of sp³-hybridized carbons (Fsp3) is 0.273. The second kappa shape index (κ2) is 5.74. The molecule has 0 aliphatic rings. The lowest BCUT2D eigenvalue weighted by Gasteiger charge is -2.11. The summed E-state index contributed by atoms with van der Waals surface area (Å²) in [5.41, 5.74) is 6.02. The quantitative estimate of drug-likeness (QED) is 0.576. The molecule has 1 rings (SSSR count). The summed E-state index contributed by atoms with van der Waals surface area (Å²) in [6.07, 6.45) is 0. The van der Waals surface area contributed by atoms with E-state index in [1.807, 2.05) is 0 Å². The molecule has 6 heteroatoms. The molecule has 1 amide bonds. The first kappa shape index (κ1) is 12.8. The zero-order valence-electron chi connectivity index (χ0n) is 9.65. The van der Waals surface area contributed by atoms with Gasteiger partial charge in [0.15, 0.2) is 6.61 Å². The number of carbonyl (C=O) groups is 2. The van der Waals surface area contributed by atoms with E-state index in [2.05, 4.69) is 10.1 Å². The maximum atomic E-state index is 11.5. The average Bonchev–Trinajstić information content (AvgIpc) is 2.35. The van der Waals surface area contributed by atoms with Gasteiger partial charge in [0.1, 0.15) is 11.3 Å². The summed E-state index contributed by atoms with van der Waals surface area (Å²) in [5.74, 6) is -0.682. The van der Waals surface area contributed by atoms with Crippen LogP contribution in [0.2, 0.25) is 0 Å². The third-order valence-electron chi connectivity index (χ3n) is 2.09. The molecule has 0 bridgehead atoms. The zero-order chi connectivity index (χ0) is 12.8. The summed E-state index contributed by atoms with van der Waals surface area (Å²) < 4.78 is 9.79. The Morgan fingerprint density at radius 2 is 2.12 bits per heavy atom. The number of carbonyl (C=O) groups excluding carboxylic acids is 2. The molecule has 0 aliphatic heterocycles. The number of methoxy groups -OCH3 is 1. The standard InChI is InChI=1S/C11H14N2O4/c1-13-9(14)6-17-8-5-3-4-7(12)10(8)11(15)16-2/h3-5H,6,12H2,1-2H3,(H,13,14). The van der Waals surface area contributed by atoms with Gasteiger partial charge in [0.2, 0.25) is 0 Å². The van der Waals surface area contributed by atoms with Crippen molar-refractivity contribution in [1.29, 1.82) is 0 Å². The first-order valence-electron chi connectivity index (χ1n) is 4.90. The van der Waals surface area contributed by atoms with E-state index in [4.69, 9.17) is 10.5 Å². The third-order valence-corrected chi connectivity index (χ3v) is 2.09. The molecular weight excluding hydrogens is 224 g/mol. The predicted octanol–water partition coefficient (Wildman–Crippen LogP) is 0.180. The SMILES string of the molecule is CNC(=O)COc1cccc(N)c1C(=O)OC. The summed E-state index contributed by atoms with van der Waals surface area (Å²) in [4.78, 5) is 22.5. The molecule has 92 valence electrons. The topological polar surface area (TPSA) is 90.6 Å². The summed E-state index contributed by atoms with van der Waals surface area (Å²) in [5, 5.41) is 2.40. The highest BCUT2D eigenvalue weighted by atomic mass is 16.5. The van der Waals surface area contributed by atoms with Crippen LogP contribution in [0.4, 0.5) is 5.69 Å². The molecule has 17 heavy (non-hydrogen) atoms. The van der Waals surface area contributed by atoms with Crippen LogP contribution in [-0.2, 0) is 9.53 Å². The van der Waals surface area contributed by atoms with E-state index in [-0.39, 0.29) is 29.5 Å². The molecule has 0 saturated carbocycles. The van der Waals surface area contributed by atoms with Gasteiger partial charge in [0.05, 0.1) is 7.11 Å². The Bertz CT molecular complexity index is 431. The second-order valence-electron chi connectivity index (χ2n) is 3.17. The molecule has 0 aliphatic carbocycles. The number of esters is 1. The van der Waals surface area contributed by atoms with E-state index in [0.29, 0.717) is 0 Å². The van der Waals surface area contributed by atoms with Gasteiger partial charge >= 0.3 is 5.97 Å². The fourth-order valence-corrected chi connectivity index (χ4v) is 1.20. The average molecular weight is 238 g/mol. The molecule has 0 spiro atoms. The van der Waals surface area contributed by atoms with Crippen molar-refractivity contribution in [2.75, 3.05) is 26.5 Å². The Balaban J connectivity index is 2.94. The van der Waals surface area contributed by atoms with E-state index in [1.54, 1.807) is 18.2 Å². The van der Waals surface area contributed by atoms with Crippen LogP contribution in [0.5, 0.6) is 5.75 Å². The number of benzene rings is 1. The van der Waals surface area contributed by atoms with Gasteiger partial charge in [-0.3, -0.25) is 4.79 Å². The Morgan fingerprint density at radius 3 is 2.71 bits per heavy atom. The van der Waals surface area contributed by atoms with Gasteiger partial charge in [-0.25, -0.2) is 4.79 Å². The van der Waals surface area contributed by atoms with Gasteiger partial charge in [-0.2, -0.15) is 0 Å². The number of rotatable bonds is 4. The molecule has 0 unspecified atom stereocenters. The van der Waals surface area contributed by atoms with Crippen LogP contribution >= 0.6 is 0 Å². The minimum Gasteiger partial charge on any atom is -0.483 e. The lowest BCUT2D eigenvalue weighted by Crippen LogP contribution is -2.25. The van der Waals surface area contributed by atoms with E-state index in [0.717, 1.165) is 0 Å². The molecule has 0 heterocycles. The van der Waals surface area contributed by atoms with Gasteiger partial charge in [-0.15, -0.1) is 0 Å². The van der Waals surface area contributed by atoms with Gasteiger partial charge < -0.3 is 20.5 Å². The number of nitrogens with one attached hydrogen (secondary N) is 1. The van der Waals surface area contributed by atoms with Gasteiger partial charge in [0, 0.05) is 12.7 Å². The molecule has 0 radical (unpaired) electrons. The van der Waals surface area contributed by atoms with E-state index in [1.165, 1.54) is 14.2 Å². The number of anilines is 1. The van der Waals surface area contributed by atoms with Crippen LogP contribution < -0.4 is 15.8 Å². The normalized spacial score (nSPS) is 9.53. The number of amides is 1. The number of nitrogens with two attached hydrogens (primary N) is 1. The highest BCUT2D eigenvalue weighted by molar-refractivity contribution is 5.98. The van der Waals surface area contributed by atoms with Crippen LogP contribution in [0.25, 0.3) is 0 Å². The van der Waals surface area contributed by atoms with E-state index < -0.39 is 5.97 Å². The van der Waals surface area contributed by atoms with Crippen LogP contribution in [0, 0.1) is 0 Å². The van der Waals surface area contributed by atoms with Crippen molar-refractivity contribution >= 4 is 17.6 Å². The summed E-state index contributed by atoms with van der Waals surface area (Å²) >= 11 is 0. The predicted molar refractivity (Wildman–Crippen MR) is 61.8 cm³/mol. The zero-order valence-corrected chi connectivity index (χ0v) is 9.65. The number of nitrogen functional groups attached to an aromatic ring is 1. The first-order chi connectivity index (χ1) is 8.10. The Kier molecular flexibility index (Phi) is 4.33. The fourth-order valence-electron chi connectivity index (χ4n) is 1.20. The smallest absolute Gasteiger partial charge is 0.343 e. The first-order valence-corrected chi connectivity index (χ1v) is 4.90. The summed E-state index contributed by atoms with van der Waals surface area (Å²) in [6, 6.07) is 4.73. The minimum absolute atomic E-state index is 0.124. The lowest BCUT2D eigenvalue weighted by atomic mass is 10.1. The van der Waals surface area contributed by atoms with Crippen LogP contribution in [0.15, 0.2) is 18.2 Å². The van der Waals surface area contributed by atoms with E-state index in [9.17, 15) is 9.59 Å². The molecule has 1 aromatic carbocycles. The monoisotopic (exact) mass is 238 g/mol. The summed E-state index contributed by atoms with van der Waals surface area (Å²) in [7, 11) is 2.74. The van der Waals surface area contributed by atoms with Crippen molar-refractivity contribution in [3.63, 3.8) is 0 Å². The highest BCUT2D eigenvalue weighted by Crippen LogP contribution is 2.25. The van der Waals surface area contributed by atoms with Crippen molar-refractivity contribution in [3.8, 4) is 5.75 Å². The molecule has 3 N–H and O–H groups in total. The number of hydrogen-bond donors (Lipinski definition) is 2. The minimum atomic E-state index is -0.602. The van der Waals surface area contributed by atoms with Gasteiger partial charge in [0.25, 0.3) is 5.91 Å². The number of hydrogen-bond acceptors (Lipinski definition) is 5. The van der Waals surface area contributed by atoms with Gasteiger partial charge in [-0.1, -0.05) is 6.07 Å². The second-order valence-corrected chi connectivity index (χ2v) is 3.17. The molecule has 0 atom stereocenters. The van der Waals surface area contributed by atoms with Crippen LogP contribution in [0.1, 0.15) is 10.4 Å². The van der Waals surface area contributed by atoms with Crippen molar-refractivity contribution in [2.45, 2.75) is 0 Å². The lowest BCUT2D eigenvalue weighted by molar-refractivity contribution is -0.122. The van der Waals surface area contributed by atoms with Crippen LogP contribution in [-0.4, -0.2) is 32.6 Å². The molecule has 0 fully saturated rings. The Labute approximate surface area is 98.7 Å². The maximum absolute atomic E-state index is 11.5. The van der Waals surface area contributed by atoms with E-state index >= 15 is 0 Å². The summed E-state index contributed by atoms with van der Waals surface area (Å²) in [6.45, 7) is -0.191. The molecule has 0 aromatic heterocycles. The van der Waals surface area contributed by atoms with Crippen LogP contribution in [0.3, 0.4) is 0 Å². The third kappa shape index (κ3) is 3.10. The maximum Gasteiger partial charge on any atom is 0.343 e. The van der Waals surface area contributed by atoms with Crippen molar-refractivity contribution in [2.24, 2.45) is 0 Å². The molecular formula is C11H14N2O4. The Hall–Kier alpha value is -2.24. The van der Waals surface area contributed by atoms with Crippen molar-refractivity contribution < 1.29 is 19.1 Å². The highest BCUT2D eigenvalue weighted by Gasteiger charge is 2.17. The molecule has 1 aromatic rings. The molecule has 6 nitrogen and oxygen atoms in total. The number of ether oxygens (including phenoxy) is 2. The molecule has 0 saturated heterocycles.